The molecule has 3 rings (SSSR count). The van der Waals surface area contributed by atoms with Crippen molar-refractivity contribution >= 4 is 17.1 Å². The fraction of sp³-hybridized carbons (Fsp3) is 0.500. The van der Waals surface area contributed by atoms with Crippen LogP contribution in [0.5, 0.6) is 0 Å². The first-order valence-corrected chi connectivity index (χ1v) is 5.58. The van der Waals surface area contributed by atoms with E-state index < -0.39 is 18.4 Å². The zero-order valence-electron chi connectivity index (χ0n) is 9.47. The van der Waals surface area contributed by atoms with Crippen molar-refractivity contribution < 1.29 is 14.9 Å². The number of hydrogen-bond donors (Lipinski definition) is 3. The van der Waals surface area contributed by atoms with Gasteiger partial charge in [0, 0.05) is 6.42 Å². The number of anilines is 1. The van der Waals surface area contributed by atoms with E-state index in [9.17, 15) is 5.11 Å². The lowest BCUT2D eigenvalue weighted by atomic mass is 10.2. The van der Waals surface area contributed by atoms with Crippen LogP contribution in [0.25, 0.3) is 11.2 Å². The Hall–Kier alpha value is -1.77. The number of aliphatic hydroxyl groups is 2. The van der Waals surface area contributed by atoms with E-state index in [4.69, 9.17) is 15.6 Å². The van der Waals surface area contributed by atoms with Gasteiger partial charge in [0.2, 0.25) is 5.95 Å². The van der Waals surface area contributed by atoms with E-state index >= 15 is 0 Å². The first kappa shape index (κ1) is 11.3. The van der Waals surface area contributed by atoms with E-state index in [1.165, 1.54) is 6.20 Å². The Morgan fingerprint density at radius 3 is 3.06 bits per heavy atom. The van der Waals surface area contributed by atoms with E-state index in [1.807, 2.05) is 0 Å². The van der Waals surface area contributed by atoms with Crippen LogP contribution in [0, 0.1) is 0 Å². The van der Waals surface area contributed by atoms with Crippen molar-refractivity contribution in [3.63, 3.8) is 0 Å². The van der Waals surface area contributed by atoms with Gasteiger partial charge in [-0.3, -0.25) is 4.57 Å². The molecular weight excluding hydrogens is 238 g/mol. The second-order valence-electron chi connectivity index (χ2n) is 4.20. The number of rotatable bonds is 2. The van der Waals surface area contributed by atoms with Gasteiger partial charge in [0.1, 0.15) is 17.8 Å². The van der Waals surface area contributed by atoms with Crippen LogP contribution in [-0.4, -0.2) is 48.5 Å². The molecule has 8 heteroatoms. The molecule has 96 valence electrons. The van der Waals surface area contributed by atoms with E-state index in [-0.39, 0.29) is 12.6 Å². The van der Waals surface area contributed by atoms with Crippen molar-refractivity contribution in [2.24, 2.45) is 0 Å². The predicted octanol–water partition coefficient (Wildman–Crippen LogP) is -0.951. The molecule has 3 heterocycles. The van der Waals surface area contributed by atoms with Crippen LogP contribution in [0.4, 0.5) is 5.95 Å². The third-order valence-corrected chi connectivity index (χ3v) is 3.03. The van der Waals surface area contributed by atoms with Gasteiger partial charge in [0.25, 0.3) is 0 Å². The number of imidazole rings is 1. The lowest BCUT2D eigenvalue weighted by Crippen LogP contribution is -2.24. The molecular formula is C10H13N5O3. The first-order valence-electron chi connectivity index (χ1n) is 5.58. The molecule has 0 spiro atoms. The molecule has 18 heavy (non-hydrogen) atoms. The molecule has 1 aliphatic heterocycles. The van der Waals surface area contributed by atoms with Crippen molar-refractivity contribution in [3.05, 3.63) is 12.5 Å². The maximum absolute atomic E-state index is 9.71. The number of hydrogen-bond acceptors (Lipinski definition) is 7. The fourth-order valence-electron chi connectivity index (χ4n) is 2.10. The molecule has 2 aromatic heterocycles. The number of aromatic nitrogens is 4. The SMILES string of the molecule is Nc1ncc2ncn(C3C[C@H](O)[C@@H](CO)O3)c2n1. The van der Waals surface area contributed by atoms with Crippen LogP contribution in [0.2, 0.25) is 0 Å². The van der Waals surface area contributed by atoms with Crippen LogP contribution < -0.4 is 5.73 Å². The maximum atomic E-state index is 9.71. The quantitative estimate of drug-likeness (QED) is 0.629. The Labute approximate surface area is 102 Å². The Kier molecular flexibility index (Phi) is 2.62. The van der Waals surface area contributed by atoms with Crippen molar-refractivity contribution in [1.82, 2.24) is 19.5 Å². The largest absolute Gasteiger partial charge is 0.394 e. The van der Waals surface area contributed by atoms with Gasteiger partial charge in [0.05, 0.1) is 25.2 Å². The summed E-state index contributed by atoms with van der Waals surface area (Å²) >= 11 is 0. The summed E-state index contributed by atoms with van der Waals surface area (Å²) in [5.74, 6) is 0.154. The summed E-state index contributed by atoms with van der Waals surface area (Å²) < 4.78 is 7.22. The Morgan fingerprint density at radius 2 is 2.33 bits per heavy atom. The van der Waals surface area contributed by atoms with Gasteiger partial charge in [-0.15, -0.1) is 0 Å². The average Bonchev–Trinajstić information content (AvgIpc) is 2.91. The van der Waals surface area contributed by atoms with Gasteiger partial charge < -0.3 is 20.7 Å². The summed E-state index contributed by atoms with van der Waals surface area (Å²) in [6.45, 7) is -0.221. The second-order valence-corrected chi connectivity index (χ2v) is 4.20. The smallest absolute Gasteiger partial charge is 0.222 e. The van der Waals surface area contributed by atoms with Gasteiger partial charge in [-0.2, -0.15) is 4.98 Å². The molecule has 1 fully saturated rings. The van der Waals surface area contributed by atoms with Crippen LogP contribution >= 0.6 is 0 Å². The van der Waals surface area contributed by atoms with Crippen LogP contribution in [-0.2, 0) is 4.74 Å². The topological polar surface area (TPSA) is 119 Å². The molecule has 8 nitrogen and oxygen atoms in total. The highest BCUT2D eigenvalue weighted by atomic mass is 16.5. The van der Waals surface area contributed by atoms with Crippen LogP contribution in [0.1, 0.15) is 12.6 Å². The Morgan fingerprint density at radius 1 is 1.50 bits per heavy atom. The zero-order chi connectivity index (χ0) is 12.7. The lowest BCUT2D eigenvalue weighted by Gasteiger charge is -2.13. The summed E-state index contributed by atoms with van der Waals surface area (Å²) in [6, 6.07) is 0. The fourth-order valence-corrected chi connectivity index (χ4v) is 2.10. The van der Waals surface area contributed by atoms with Gasteiger partial charge in [-0.25, -0.2) is 9.97 Å². The minimum absolute atomic E-state index is 0.154. The Balaban J connectivity index is 1.98. The third-order valence-electron chi connectivity index (χ3n) is 3.03. The van der Waals surface area contributed by atoms with Gasteiger partial charge in [-0.1, -0.05) is 0 Å². The van der Waals surface area contributed by atoms with E-state index in [1.54, 1.807) is 10.9 Å². The number of nitrogens with two attached hydrogens (primary N) is 1. The van der Waals surface area contributed by atoms with E-state index in [0.717, 1.165) is 0 Å². The summed E-state index contributed by atoms with van der Waals surface area (Å²) in [4.78, 5) is 12.1. The van der Waals surface area contributed by atoms with Crippen LogP contribution in [0.3, 0.4) is 0 Å². The van der Waals surface area contributed by atoms with Crippen molar-refractivity contribution in [1.29, 1.82) is 0 Å². The molecule has 1 saturated heterocycles. The highest BCUT2D eigenvalue weighted by Gasteiger charge is 2.35. The number of nitrogens with zero attached hydrogens (tertiary/aromatic N) is 4. The Bertz CT molecular complexity index is 572. The summed E-state index contributed by atoms with van der Waals surface area (Å²) in [5, 5.41) is 18.8. The molecule has 0 aromatic carbocycles. The van der Waals surface area contributed by atoms with Gasteiger partial charge >= 0.3 is 0 Å². The standard InChI is InChI=1S/C10H13N5O3/c11-10-12-2-5-9(14-10)15(4-13-5)8-1-6(17)7(3-16)18-8/h2,4,6-8,16-17H,1,3H2,(H2,11,12,14)/t6-,7+,8?/m0/s1. The number of fused-ring (bicyclic) bond motifs is 1. The maximum Gasteiger partial charge on any atom is 0.222 e. The van der Waals surface area contributed by atoms with Gasteiger partial charge in [-0.05, 0) is 0 Å². The summed E-state index contributed by atoms with van der Waals surface area (Å²) in [6.07, 6.45) is 1.79. The number of nitrogen functional groups attached to an aromatic ring is 1. The van der Waals surface area contributed by atoms with E-state index in [2.05, 4.69) is 15.0 Å². The molecule has 1 unspecified atom stereocenters. The molecule has 1 aliphatic rings. The predicted molar refractivity (Wildman–Crippen MR) is 61.4 cm³/mol. The lowest BCUT2D eigenvalue weighted by molar-refractivity contribution is -0.0432. The number of aliphatic hydroxyl groups excluding tert-OH is 2. The highest BCUT2D eigenvalue weighted by molar-refractivity contribution is 5.70. The minimum Gasteiger partial charge on any atom is -0.394 e. The monoisotopic (exact) mass is 251 g/mol. The third kappa shape index (κ3) is 1.70. The molecule has 3 atom stereocenters. The average molecular weight is 251 g/mol. The summed E-state index contributed by atoms with van der Waals surface area (Å²) in [7, 11) is 0. The molecule has 0 saturated carbocycles. The summed E-state index contributed by atoms with van der Waals surface area (Å²) in [5.41, 5.74) is 6.70. The van der Waals surface area contributed by atoms with Crippen LogP contribution in [0.15, 0.2) is 12.5 Å². The molecule has 4 N–H and O–H groups in total. The molecule has 0 amide bonds. The normalized spacial score (nSPS) is 28.0. The first-order chi connectivity index (χ1) is 8.69. The van der Waals surface area contributed by atoms with Crippen molar-refractivity contribution in [2.75, 3.05) is 12.3 Å². The molecule has 0 radical (unpaired) electrons. The van der Waals surface area contributed by atoms with Gasteiger partial charge in [0.15, 0.2) is 5.65 Å². The highest BCUT2D eigenvalue weighted by Crippen LogP contribution is 2.30. The number of ether oxygens (including phenoxy) is 1. The molecule has 0 aliphatic carbocycles. The second kappa shape index (κ2) is 4.16. The van der Waals surface area contributed by atoms with E-state index in [0.29, 0.717) is 17.6 Å². The minimum atomic E-state index is -0.698. The zero-order valence-corrected chi connectivity index (χ0v) is 9.47. The van der Waals surface area contributed by atoms with Crippen molar-refractivity contribution in [2.45, 2.75) is 24.9 Å². The molecule has 2 aromatic rings. The van der Waals surface area contributed by atoms with Crippen molar-refractivity contribution in [3.8, 4) is 0 Å². The molecule has 0 bridgehead atoms.